The molecule has 0 radical (unpaired) electrons. The highest BCUT2D eigenvalue weighted by atomic mass is 35.5. The molecule has 1 rings (SSSR count). The fourth-order valence-electron chi connectivity index (χ4n) is 1.13. The minimum atomic E-state index is -0.444. The number of nitro benzene ring substituents is 1. The minimum absolute atomic E-state index is 0.0296. The van der Waals surface area contributed by atoms with E-state index >= 15 is 0 Å². The Morgan fingerprint density at radius 3 is 2.88 bits per heavy atom. The molecule has 1 aromatic carbocycles. The summed E-state index contributed by atoms with van der Waals surface area (Å²) in [5, 5.41) is 10.6. The van der Waals surface area contributed by atoms with Crippen LogP contribution in [-0.2, 0) is 0 Å². The largest absolute Gasteiger partial charge is 0.489 e. The summed E-state index contributed by atoms with van der Waals surface area (Å²) in [7, 11) is 0. The van der Waals surface area contributed by atoms with Gasteiger partial charge < -0.3 is 4.74 Å². The van der Waals surface area contributed by atoms with Gasteiger partial charge >= 0.3 is 0 Å². The second-order valence-electron chi connectivity index (χ2n) is 3.14. The number of hydrogen-bond donors (Lipinski definition) is 0. The summed E-state index contributed by atoms with van der Waals surface area (Å²) >= 11 is 5.45. The maximum Gasteiger partial charge on any atom is 0.273 e. The number of rotatable bonds is 5. The van der Waals surface area contributed by atoms with Gasteiger partial charge in [-0.2, -0.15) is 0 Å². The van der Waals surface area contributed by atoms with E-state index in [1.807, 2.05) is 6.92 Å². The number of ether oxygens (including phenoxy) is 1. The molecule has 0 heterocycles. The van der Waals surface area contributed by atoms with Gasteiger partial charge in [0, 0.05) is 11.9 Å². The summed E-state index contributed by atoms with van der Waals surface area (Å²) in [6.45, 7) is 2.19. The number of halogens is 1. The molecule has 16 heavy (non-hydrogen) atoms. The van der Waals surface area contributed by atoms with Crippen molar-refractivity contribution in [2.24, 2.45) is 0 Å². The SMILES string of the molecule is Cc1ccc([N+](=O)[O-])cc1OCC=CCCl. The number of aryl methyl sites for hydroxylation is 1. The van der Waals surface area contributed by atoms with Crippen molar-refractivity contribution in [2.75, 3.05) is 12.5 Å². The van der Waals surface area contributed by atoms with Crippen LogP contribution in [0.1, 0.15) is 5.56 Å². The number of hydrogen-bond acceptors (Lipinski definition) is 3. The third kappa shape index (κ3) is 3.55. The van der Waals surface area contributed by atoms with Crippen LogP contribution in [-0.4, -0.2) is 17.4 Å². The smallest absolute Gasteiger partial charge is 0.273 e. The molecule has 0 aliphatic heterocycles. The summed E-state index contributed by atoms with van der Waals surface area (Å²) in [5.74, 6) is 0.950. The third-order valence-electron chi connectivity index (χ3n) is 1.97. The van der Waals surface area contributed by atoms with E-state index in [2.05, 4.69) is 0 Å². The van der Waals surface area contributed by atoms with Crippen LogP contribution in [0, 0.1) is 17.0 Å². The molecule has 0 fully saturated rings. The predicted octanol–water partition coefficient (Wildman–Crippen LogP) is 3.08. The zero-order valence-corrected chi connectivity index (χ0v) is 9.61. The monoisotopic (exact) mass is 241 g/mol. The summed E-state index contributed by atoms with van der Waals surface area (Å²) in [6, 6.07) is 4.54. The molecule has 1 aromatic rings. The molecule has 0 saturated carbocycles. The molecule has 0 aliphatic rings. The number of non-ortho nitro benzene ring substituents is 1. The van der Waals surface area contributed by atoms with Gasteiger partial charge in [-0.3, -0.25) is 10.1 Å². The van der Waals surface area contributed by atoms with Gasteiger partial charge in [-0.25, -0.2) is 0 Å². The van der Waals surface area contributed by atoms with Crippen LogP contribution in [0.5, 0.6) is 5.75 Å². The maximum absolute atomic E-state index is 10.6. The van der Waals surface area contributed by atoms with Crippen LogP contribution in [0.4, 0.5) is 5.69 Å². The lowest BCUT2D eigenvalue weighted by Crippen LogP contribution is -1.97. The second kappa shape index (κ2) is 6.12. The van der Waals surface area contributed by atoms with Crippen LogP contribution in [0.15, 0.2) is 30.4 Å². The normalized spacial score (nSPS) is 10.6. The van der Waals surface area contributed by atoms with Gasteiger partial charge in [0.15, 0.2) is 0 Å². The zero-order chi connectivity index (χ0) is 12.0. The van der Waals surface area contributed by atoms with E-state index in [0.717, 1.165) is 5.56 Å². The van der Waals surface area contributed by atoms with Crippen molar-refractivity contribution >= 4 is 17.3 Å². The molecule has 0 unspecified atom stereocenters. The van der Waals surface area contributed by atoms with Gasteiger partial charge in [-0.15, -0.1) is 11.6 Å². The highest BCUT2D eigenvalue weighted by molar-refractivity contribution is 6.18. The summed E-state index contributed by atoms with van der Waals surface area (Å²) in [6.07, 6.45) is 3.53. The topological polar surface area (TPSA) is 52.4 Å². The van der Waals surface area contributed by atoms with E-state index in [-0.39, 0.29) is 5.69 Å². The molecule has 86 valence electrons. The van der Waals surface area contributed by atoms with Crippen molar-refractivity contribution < 1.29 is 9.66 Å². The Hall–Kier alpha value is -1.55. The summed E-state index contributed by atoms with van der Waals surface area (Å²) < 4.78 is 5.38. The molecule has 0 spiro atoms. The summed E-state index contributed by atoms with van der Waals surface area (Å²) in [5.41, 5.74) is 0.895. The first-order valence-corrected chi connectivity index (χ1v) is 5.27. The number of benzene rings is 1. The fourth-order valence-corrected chi connectivity index (χ4v) is 1.25. The average Bonchev–Trinajstić information content (AvgIpc) is 2.26. The van der Waals surface area contributed by atoms with Gasteiger partial charge in [0.2, 0.25) is 0 Å². The first-order valence-electron chi connectivity index (χ1n) is 4.74. The lowest BCUT2D eigenvalue weighted by Gasteiger charge is -2.06. The molecule has 0 bridgehead atoms. The molecule has 0 atom stereocenters. The van der Waals surface area contributed by atoms with Gasteiger partial charge in [-0.05, 0) is 18.6 Å². The Morgan fingerprint density at radius 1 is 1.50 bits per heavy atom. The lowest BCUT2D eigenvalue weighted by molar-refractivity contribution is -0.384. The highest BCUT2D eigenvalue weighted by Gasteiger charge is 2.08. The molecule has 0 N–H and O–H groups in total. The first-order chi connectivity index (χ1) is 7.65. The van der Waals surface area contributed by atoms with E-state index in [1.54, 1.807) is 18.2 Å². The lowest BCUT2D eigenvalue weighted by atomic mass is 10.2. The molecule has 0 amide bonds. The van der Waals surface area contributed by atoms with E-state index in [1.165, 1.54) is 12.1 Å². The van der Waals surface area contributed by atoms with Crippen LogP contribution in [0.2, 0.25) is 0 Å². The van der Waals surface area contributed by atoms with E-state index in [9.17, 15) is 10.1 Å². The Balaban J connectivity index is 2.74. The van der Waals surface area contributed by atoms with Crippen molar-refractivity contribution in [3.05, 3.63) is 46.0 Å². The number of nitrogens with zero attached hydrogens (tertiary/aromatic N) is 1. The Kier molecular flexibility index (Phi) is 4.79. The maximum atomic E-state index is 10.6. The average molecular weight is 242 g/mol. The van der Waals surface area contributed by atoms with Crippen LogP contribution >= 0.6 is 11.6 Å². The van der Waals surface area contributed by atoms with Crippen molar-refractivity contribution in [3.63, 3.8) is 0 Å². The minimum Gasteiger partial charge on any atom is -0.489 e. The number of allylic oxidation sites excluding steroid dienone is 1. The number of nitro groups is 1. The van der Waals surface area contributed by atoms with Crippen molar-refractivity contribution in [3.8, 4) is 5.75 Å². The molecule has 0 aliphatic carbocycles. The van der Waals surface area contributed by atoms with Crippen LogP contribution < -0.4 is 4.74 Å². The molecular formula is C11H12ClNO3. The second-order valence-corrected chi connectivity index (χ2v) is 3.45. The van der Waals surface area contributed by atoms with Gasteiger partial charge in [-0.1, -0.05) is 12.2 Å². The fraction of sp³-hybridized carbons (Fsp3) is 0.273. The standard InChI is InChI=1S/C11H12ClNO3/c1-9-4-5-10(13(14)15)8-11(9)16-7-3-2-6-12/h2-5,8H,6-7H2,1H3. The molecule has 0 saturated heterocycles. The highest BCUT2D eigenvalue weighted by Crippen LogP contribution is 2.23. The predicted molar refractivity (Wildman–Crippen MR) is 63.2 cm³/mol. The Labute approximate surface area is 98.6 Å². The first kappa shape index (κ1) is 12.5. The summed E-state index contributed by atoms with van der Waals surface area (Å²) in [4.78, 5) is 10.1. The molecule has 5 heteroatoms. The number of alkyl halides is 1. The van der Waals surface area contributed by atoms with Gasteiger partial charge in [0.05, 0.1) is 11.0 Å². The molecule has 0 aromatic heterocycles. The zero-order valence-electron chi connectivity index (χ0n) is 8.85. The van der Waals surface area contributed by atoms with E-state index in [4.69, 9.17) is 16.3 Å². The third-order valence-corrected chi connectivity index (χ3v) is 2.15. The van der Waals surface area contributed by atoms with Crippen LogP contribution in [0.3, 0.4) is 0 Å². The molecule has 4 nitrogen and oxygen atoms in total. The van der Waals surface area contributed by atoms with Crippen molar-refractivity contribution in [1.82, 2.24) is 0 Å². The van der Waals surface area contributed by atoms with Gasteiger partial charge in [0.25, 0.3) is 5.69 Å². The Morgan fingerprint density at radius 2 is 2.25 bits per heavy atom. The van der Waals surface area contributed by atoms with E-state index in [0.29, 0.717) is 18.2 Å². The Bertz CT molecular complexity index is 404. The molecular weight excluding hydrogens is 230 g/mol. The van der Waals surface area contributed by atoms with E-state index < -0.39 is 4.92 Å². The van der Waals surface area contributed by atoms with Crippen LogP contribution in [0.25, 0.3) is 0 Å². The van der Waals surface area contributed by atoms with Crippen molar-refractivity contribution in [2.45, 2.75) is 6.92 Å². The van der Waals surface area contributed by atoms with Gasteiger partial charge in [0.1, 0.15) is 12.4 Å². The van der Waals surface area contributed by atoms with Crippen molar-refractivity contribution in [1.29, 1.82) is 0 Å². The quantitative estimate of drug-likeness (QED) is 0.345.